The molecule has 1 aliphatic heterocycles. The van der Waals surface area contributed by atoms with Crippen LogP contribution in [0, 0.1) is 11.8 Å². The molecule has 1 aromatic rings. The van der Waals surface area contributed by atoms with Crippen LogP contribution in [0.4, 0.5) is 4.79 Å². The molecule has 2 aliphatic rings. The lowest BCUT2D eigenvalue weighted by atomic mass is 9.83. The van der Waals surface area contributed by atoms with Gasteiger partial charge >= 0.3 is 6.09 Å². The minimum Gasteiger partial charge on any atom is -0.491 e. The standard InChI is InChI=1S/C26H41BrN2O3/c1-19(2)32-24-10-11-25(27)22(18-24)17-21-12-15-29(16-13-21)14-4-5-20-6-8-23(9-7-20)28-26(30)31-3/h10-11,18-21,23H,4-9,12-17H2,1-3H3,(H,28,30)/t20-,23-. The molecule has 32 heavy (non-hydrogen) atoms. The zero-order valence-corrected chi connectivity index (χ0v) is 21.7. The van der Waals surface area contributed by atoms with Crippen LogP contribution in [-0.2, 0) is 11.2 Å². The van der Waals surface area contributed by atoms with E-state index in [9.17, 15) is 4.79 Å². The Kier molecular flexibility index (Phi) is 10.2. The third-order valence-corrected chi connectivity index (χ3v) is 7.82. The van der Waals surface area contributed by atoms with E-state index in [1.165, 1.54) is 75.3 Å². The van der Waals surface area contributed by atoms with Crippen molar-refractivity contribution in [3.63, 3.8) is 0 Å². The summed E-state index contributed by atoms with van der Waals surface area (Å²) in [5.41, 5.74) is 1.37. The Morgan fingerprint density at radius 2 is 1.84 bits per heavy atom. The third kappa shape index (κ3) is 8.26. The largest absolute Gasteiger partial charge is 0.491 e. The number of carbonyl (C=O) groups excluding carboxylic acids is 1. The van der Waals surface area contributed by atoms with Crippen molar-refractivity contribution in [3.8, 4) is 5.75 Å². The lowest BCUT2D eigenvalue weighted by Gasteiger charge is -2.33. The fraction of sp³-hybridized carbons (Fsp3) is 0.731. The van der Waals surface area contributed by atoms with Crippen LogP contribution in [0.2, 0.25) is 0 Å². The van der Waals surface area contributed by atoms with Crippen LogP contribution in [-0.4, -0.2) is 49.9 Å². The number of methoxy groups -OCH3 is 1. The SMILES string of the molecule is COC(=O)N[C@H]1CC[C@H](CCCN2CCC(Cc3cc(OC(C)C)ccc3Br)CC2)CC1. The molecule has 1 saturated heterocycles. The number of piperidine rings is 1. The predicted octanol–water partition coefficient (Wildman–Crippen LogP) is 6.19. The van der Waals surface area contributed by atoms with Crippen molar-refractivity contribution >= 4 is 22.0 Å². The molecule has 6 heteroatoms. The second-order valence-corrected chi connectivity index (χ2v) is 10.8. The summed E-state index contributed by atoms with van der Waals surface area (Å²) in [6, 6.07) is 6.70. The lowest BCUT2D eigenvalue weighted by Crippen LogP contribution is -2.37. The summed E-state index contributed by atoms with van der Waals surface area (Å²) >= 11 is 3.73. The number of carbonyl (C=O) groups is 1. The zero-order chi connectivity index (χ0) is 22.9. The molecule has 1 heterocycles. The average molecular weight is 510 g/mol. The first-order valence-electron chi connectivity index (χ1n) is 12.4. The van der Waals surface area contributed by atoms with Crippen LogP contribution >= 0.6 is 15.9 Å². The van der Waals surface area contributed by atoms with Crippen molar-refractivity contribution in [2.24, 2.45) is 11.8 Å². The summed E-state index contributed by atoms with van der Waals surface area (Å²) in [7, 11) is 1.43. The van der Waals surface area contributed by atoms with Crippen molar-refractivity contribution in [1.82, 2.24) is 10.2 Å². The Hall–Kier alpha value is -1.27. The van der Waals surface area contributed by atoms with E-state index in [1.807, 2.05) is 0 Å². The van der Waals surface area contributed by atoms with Crippen LogP contribution in [0.5, 0.6) is 5.75 Å². The number of hydrogen-bond donors (Lipinski definition) is 1. The van der Waals surface area contributed by atoms with E-state index >= 15 is 0 Å². The molecule has 0 radical (unpaired) electrons. The molecular weight excluding hydrogens is 468 g/mol. The number of nitrogens with one attached hydrogen (secondary N) is 1. The van der Waals surface area contributed by atoms with Crippen LogP contribution in [0.1, 0.15) is 70.8 Å². The van der Waals surface area contributed by atoms with Crippen molar-refractivity contribution in [3.05, 3.63) is 28.2 Å². The quantitative estimate of drug-likeness (QED) is 0.432. The summed E-state index contributed by atoms with van der Waals surface area (Å²) < 4.78 is 11.8. The predicted molar refractivity (Wildman–Crippen MR) is 133 cm³/mol. The highest BCUT2D eigenvalue weighted by molar-refractivity contribution is 9.10. The minimum atomic E-state index is -0.291. The van der Waals surface area contributed by atoms with E-state index in [0.717, 1.165) is 36.8 Å². The number of benzene rings is 1. The molecule has 2 fully saturated rings. The fourth-order valence-electron chi connectivity index (χ4n) is 5.20. The van der Waals surface area contributed by atoms with Gasteiger partial charge in [-0.1, -0.05) is 15.9 Å². The van der Waals surface area contributed by atoms with Crippen molar-refractivity contribution in [2.75, 3.05) is 26.7 Å². The number of hydrogen-bond acceptors (Lipinski definition) is 4. The summed E-state index contributed by atoms with van der Waals surface area (Å²) in [6.07, 6.45) is 10.9. The maximum Gasteiger partial charge on any atom is 0.407 e. The van der Waals surface area contributed by atoms with E-state index in [1.54, 1.807) is 0 Å². The van der Waals surface area contributed by atoms with Gasteiger partial charge in [0, 0.05) is 10.5 Å². The summed E-state index contributed by atoms with van der Waals surface area (Å²) in [4.78, 5) is 14.0. The fourth-order valence-corrected chi connectivity index (χ4v) is 5.61. The Balaban J connectivity index is 1.32. The Labute approximate surface area is 202 Å². The van der Waals surface area contributed by atoms with Gasteiger partial charge in [-0.05, 0) is 127 Å². The van der Waals surface area contributed by atoms with Crippen LogP contribution in [0.15, 0.2) is 22.7 Å². The first-order chi connectivity index (χ1) is 15.4. The molecule has 1 amide bonds. The van der Waals surface area contributed by atoms with Crippen molar-refractivity contribution < 1.29 is 14.3 Å². The molecule has 0 aromatic heterocycles. The third-order valence-electron chi connectivity index (χ3n) is 7.05. The van der Waals surface area contributed by atoms with Gasteiger partial charge in [-0.3, -0.25) is 0 Å². The van der Waals surface area contributed by atoms with Gasteiger partial charge in [-0.2, -0.15) is 0 Å². The van der Waals surface area contributed by atoms with Gasteiger partial charge in [0.1, 0.15) is 5.75 Å². The van der Waals surface area contributed by atoms with E-state index in [2.05, 4.69) is 58.2 Å². The van der Waals surface area contributed by atoms with Gasteiger partial charge in [0.25, 0.3) is 0 Å². The molecule has 0 unspecified atom stereocenters. The lowest BCUT2D eigenvalue weighted by molar-refractivity contribution is 0.157. The van der Waals surface area contributed by atoms with Gasteiger partial charge in [-0.25, -0.2) is 4.79 Å². The van der Waals surface area contributed by atoms with Crippen LogP contribution in [0.25, 0.3) is 0 Å². The highest BCUT2D eigenvalue weighted by Crippen LogP contribution is 2.30. The van der Waals surface area contributed by atoms with Gasteiger partial charge in [-0.15, -0.1) is 0 Å². The molecule has 1 N–H and O–H groups in total. The zero-order valence-electron chi connectivity index (χ0n) is 20.1. The van der Waals surface area contributed by atoms with Gasteiger partial charge in [0.05, 0.1) is 13.2 Å². The second-order valence-electron chi connectivity index (χ2n) is 9.90. The molecule has 3 rings (SSSR count). The van der Waals surface area contributed by atoms with E-state index in [-0.39, 0.29) is 12.2 Å². The first kappa shape index (κ1) is 25.4. The maximum atomic E-state index is 11.4. The summed E-state index contributed by atoms with van der Waals surface area (Å²) in [6.45, 7) is 7.82. The van der Waals surface area contributed by atoms with E-state index < -0.39 is 0 Å². The first-order valence-corrected chi connectivity index (χ1v) is 13.2. The van der Waals surface area contributed by atoms with Crippen molar-refractivity contribution in [1.29, 1.82) is 0 Å². The molecule has 5 nitrogen and oxygen atoms in total. The maximum absolute atomic E-state index is 11.4. The van der Waals surface area contributed by atoms with Gasteiger partial charge in [0.15, 0.2) is 0 Å². The molecule has 0 atom stereocenters. The Morgan fingerprint density at radius 1 is 1.12 bits per heavy atom. The number of nitrogens with zero attached hydrogens (tertiary/aromatic N) is 1. The van der Waals surface area contributed by atoms with E-state index in [0.29, 0.717) is 6.04 Å². The molecule has 0 bridgehead atoms. The van der Waals surface area contributed by atoms with E-state index in [4.69, 9.17) is 9.47 Å². The Bertz CT molecular complexity index is 711. The molecule has 0 spiro atoms. The van der Waals surface area contributed by atoms with Crippen LogP contribution < -0.4 is 10.1 Å². The number of alkyl carbamates (subject to hydrolysis) is 1. The average Bonchev–Trinajstić information content (AvgIpc) is 2.78. The molecular formula is C26H41BrN2O3. The highest BCUT2D eigenvalue weighted by atomic mass is 79.9. The monoisotopic (exact) mass is 508 g/mol. The normalized spacial score (nSPS) is 22.7. The molecule has 180 valence electrons. The number of halogens is 1. The number of ether oxygens (including phenoxy) is 2. The highest BCUT2D eigenvalue weighted by Gasteiger charge is 2.24. The van der Waals surface area contributed by atoms with Crippen LogP contribution in [0.3, 0.4) is 0 Å². The molecule has 1 aliphatic carbocycles. The number of likely N-dealkylation sites (tertiary alicyclic amines) is 1. The minimum absolute atomic E-state index is 0.207. The summed E-state index contributed by atoms with van der Waals surface area (Å²) in [5, 5.41) is 2.95. The van der Waals surface area contributed by atoms with Gasteiger partial charge in [0.2, 0.25) is 0 Å². The number of rotatable bonds is 9. The summed E-state index contributed by atoms with van der Waals surface area (Å²) in [5.74, 6) is 2.56. The molecule has 1 aromatic carbocycles. The Morgan fingerprint density at radius 3 is 2.50 bits per heavy atom. The second kappa shape index (κ2) is 12.8. The molecule has 1 saturated carbocycles. The smallest absolute Gasteiger partial charge is 0.407 e. The van der Waals surface area contributed by atoms with Crippen molar-refractivity contribution in [2.45, 2.75) is 83.8 Å². The van der Waals surface area contributed by atoms with Gasteiger partial charge < -0.3 is 19.7 Å². The topological polar surface area (TPSA) is 50.8 Å². The number of amides is 1.